The highest BCUT2D eigenvalue weighted by atomic mass is 16.1. The molecule has 2 rings (SSSR count). The van der Waals surface area contributed by atoms with E-state index in [9.17, 15) is 4.79 Å². The van der Waals surface area contributed by atoms with Crippen molar-refractivity contribution in [1.82, 2.24) is 15.2 Å². The van der Waals surface area contributed by atoms with Crippen LogP contribution in [0.25, 0.3) is 0 Å². The van der Waals surface area contributed by atoms with Crippen molar-refractivity contribution in [3.63, 3.8) is 0 Å². The van der Waals surface area contributed by atoms with Crippen LogP contribution in [0.2, 0.25) is 0 Å². The van der Waals surface area contributed by atoms with E-state index in [2.05, 4.69) is 34.6 Å². The molecule has 0 spiro atoms. The predicted octanol–water partition coefficient (Wildman–Crippen LogP) is 1.34. The van der Waals surface area contributed by atoms with Gasteiger partial charge in [0.2, 0.25) is 0 Å². The third-order valence-electron chi connectivity index (χ3n) is 4.09. The highest BCUT2D eigenvalue weighted by molar-refractivity contribution is 5.94. The van der Waals surface area contributed by atoms with E-state index in [0.717, 1.165) is 18.7 Å². The molecule has 0 unspecified atom stereocenters. The molecule has 0 aliphatic heterocycles. The van der Waals surface area contributed by atoms with Crippen molar-refractivity contribution >= 4 is 11.7 Å². The Kier molecular flexibility index (Phi) is 4.04. The van der Waals surface area contributed by atoms with Crippen molar-refractivity contribution < 1.29 is 4.79 Å². The fourth-order valence-electron chi connectivity index (χ4n) is 2.39. The molecular weight excluding hydrogens is 240 g/mol. The van der Waals surface area contributed by atoms with Crippen molar-refractivity contribution in [2.45, 2.75) is 24.8 Å². The number of carbonyl (C=O) groups is 1. The number of amides is 1. The van der Waals surface area contributed by atoms with Gasteiger partial charge in [-0.2, -0.15) is 0 Å². The molecule has 19 heavy (non-hydrogen) atoms. The Balaban J connectivity index is 1.93. The molecular formula is C14H22N4O. The van der Waals surface area contributed by atoms with Crippen LogP contribution >= 0.6 is 0 Å². The maximum absolute atomic E-state index is 12.1. The van der Waals surface area contributed by atoms with E-state index < -0.39 is 0 Å². The molecule has 104 valence electrons. The number of likely N-dealkylation sites (N-methyl/N-ethyl adjacent to an activating group) is 1. The summed E-state index contributed by atoms with van der Waals surface area (Å²) < 4.78 is 0. The maximum atomic E-state index is 12.1. The highest BCUT2D eigenvalue weighted by Crippen LogP contribution is 2.35. The van der Waals surface area contributed by atoms with Gasteiger partial charge in [-0.1, -0.05) is 0 Å². The monoisotopic (exact) mass is 262 g/mol. The SMILES string of the molecule is CNc1ccc(C(=O)NCC2(N(C)C)CCC2)cn1. The molecule has 0 atom stereocenters. The molecule has 0 aromatic carbocycles. The van der Waals surface area contributed by atoms with Gasteiger partial charge < -0.3 is 15.5 Å². The predicted molar refractivity (Wildman–Crippen MR) is 76.4 cm³/mol. The summed E-state index contributed by atoms with van der Waals surface area (Å²) in [6, 6.07) is 3.59. The van der Waals surface area contributed by atoms with Crippen LogP contribution in [0.1, 0.15) is 29.6 Å². The first-order valence-electron chi connectivity index (χ1n) is 6.67. The molecule has 0 radical (unpaired) electrons. The second-order valence-electron chi connectivity index (χ2n) is 5.34. The van der Waals surface area contributed by atoms with Gasteiger partial charge in [-0.3, -0.25) is 4.79 Å². The Morgan fingerprint density at radius 1 is 1.42 bits per heavy atom. The van der Waals surface area contributed by atoms with Crippen molar-refractivity contribution in [3.8, 4) is 0 Å². The van der Waals surface area contributed by atoms with E-state index in [4.69, 9.17) is 0 Å². The number of carbonyl (C=O) groups excluding carboxylic acids is 1. The Morgan fingerprint density at radius 2 is 2.16 bits per heavy atom. The van der Waals surface area contributed by atoms with E-state index in [1.54, 1.807) is 25.4 Å². The number of anilines is 1. The van der Waals surface area contributed by atoms with Crippen LogP contribution in [0.3, 0.4) is 0 Å². The Morgan fingerprint density at radius 3 is 2.58 bits per heavy atom. The normalized spacial score (nSPS) is 16.8. The van der Waals surface area contributed by atoms with Crippen molar-refractivity contribution in [2.75, 3.05) is 33.0 Å². The van der Waals surface area contributed by atoms with Gasteiger partial charge in [-0.15, -0.1) is 0 Å². The molecule has 1 aliphatic rings. The van der Waals surface area contributed by atoms with Gasteiger partial charge in [0.1, 0.15) is 5.82 Å². The molecule has 1 aromatic rings. The van der Waals surface area contributed by atoms with Gasteiger partial charge >= 0.3 is 0 Å². The molecule has 1 heterocycles. The Bertz CT molecular complexity index is 437. The van der Waals surface area contributed by atoms with Gasteiger partial charge in [0.15, 0.2) is 0 Å². The topological polar surface area (TPSA) is 57.3 Å². The number of pyridine rings is 1. The molecule has 1 aromatic heterocycles. The van der Waals surface area contributed by atoms with Crippen LogP contribution in [0, 0.1) is 0 Å². The van der Waals surface area contributed by atoms with Crippen molar-refractivity contribution in [3.05, 3.63) is 23.9 Å². The molecule has 1 saturated carbocycles. The lowest BCUT2D eigenvalue weighted by Gasteiger charge is -2.47. The summed E-state index contributed by atoms with van der Waals surface area (Å²) in [6.07, 6.45) is 5.14. The summed E-state index contributed by atoms with van der Waals surface area (Å²) in [5.41, 5.74) is 0.751. The highest BCUT2D eigenvalue weighted by Gasteiger charge is 2.39. The summed E-state index contributed by atoms with van der Waals surface area (Å²) in [4.78, 5) is 18.4. The van der Waals surface area contributed by atoms with E-state index in [-0.39, 0.29) is 11.4 Å². The van der Waals surface area contributed by atoms with Crippen molar-refractivity contribution in [1.29, 1.82) is 0 Å². The fourth-order valence-corrected chi connectivity index (χ4v) is 2.39. The van der Waals surface area contributed by atoms with E-state index >= 15 is 0 Å². The second-order valence-corrected chi connectivity index (χ2v) is 5.34. The number of aromatic nitrogens is 1. The summed E-state index contributed by atoms with van der Waals surface area (Å²) >= 11 is 0. The Hall–Kier alpha value is -1.62. The molecule has 2 N–H and O–H groups in total. The molecule has 5 heteroatoms. The molecule has 1 amide bonds. The van der Waals surface area contributed by atoms with Crippen LogP contribution < -0.4 is 10.6 Å². The molecule has 0 saturated heterocycles. The molecule has 1 aliphatic carbocycles. The lowest BCUT2D eigenvalue weighted by Crippen LogP contribution is -2.57. The minimum atomic E-state index is -0.0525. The molecule has 1 fully saturated rings. The minimum absolute atomic E-state index is 0.0525. The quantitative estimate of drug-likeness (QED) is 0.840. The third-order valence-corrected chi connectivity index (χ3v) is 4.09. The van der Waals surface area contributed by atoms with Gasteiger partial charge in [0, 0.05) is 25.3 Å². The van der Waals surface area contributed by atoms with Gasteiger partial charge in [-0.25, -0.2) is 4.98 Å². The maximum Gasteiger partial charge on any atom is 0.252 e. The smallest absolute Gasteiger partial charge is 0.252 e. The van der Waals surface area contributed by atoms with Gasteiger partial charge in [0.25, 0.3) is 5.91 Å². The summed E-state index contributed by atoms with van der Waals surface area (Å²) in [6.45, 7) is 0.701. The van der Waals surface area contributed by atoms with Crippen LogP contribution in [0.4, 0.5) is 5.82 Å². The average Bonchev–Trinajstić information content (AvgIpc) is 2.37. The number of hydrogen-bond donors (Lipinski definition) is 2. The standard InChI is InChI=1S/C14H22N4O/c1-15-12-6-5-11(9-16-12)13(19)17-10-14(18(2)3)7-4-8-14/h5-6,9H,4,7-8,10H2,1-3H3,(H,15,16)(H,17,19). The van der Waals surface area contributed by atoms with Gasteiger partial charge in [-0.05, 0) is 45.5 Å². The number of hydrogen-bond acceptors (Lipinski definition) is 4. The van der Waals surface area contributed by atoms with Crippen LogP contribution in [0.15, 0.2) is 18.3 Å². The lowest BCUT2D eigenvalue weighted by molar-refractivity contribution is 0.0557. The lowest BCUT2D eigenvalue weighted by atomic mass is 9.75. The van der Waals surface area contributed by atoms with Crippen LogP contribution in [-0.2, 0) is 0 Å². The first-order chi connectivity index (χ1) is 9.07. The largest absolute Gasteiger partial charge is 0.373 e. The zero-order valence-electron chi connectivity index (χ0n) is 11.9. The summed E-state index contributed by atoms with van der Waals surface area (Å²) in [7, 11) is 5.96. The second kappa shape index (κ2) is 5.57. The van der Waals surface area contributed by atoms with E-state index in [0.29, 0.717) is 12.1 Å². The number of rotatable bonds is 5. The fraction of sp³-hybridized carbons (Fsp3) is 0.571. The first kappa shape index (κ1) is 13.8. The van der Waals surface area contributed by atoms with Crippen LogP contribution in [-0.4, -0.2) is 49.0 Å². The summed E-state index contributed by atoms with van der Waals surface area (Å²) in [5, 5.41) is 5.95. The Labute approximate surface area is 114 Å². The number of nitrogens with zero attached hydrogens (tertiary/aromatic N) is 2. The van der Waals surface area contributed by atoms with Crippen LogP contribution in [0.5, 0.6) is 0 Å². The summed E-state index contributed by atoms with van der Waals surface area (Å²) in [5.74, 6) is 0.712. The first-order valence-corrected chi connectivity index (χ1v) is 6.67. The minimum Gasteiger partial charge on any atom is -0.373 e. The van der Waals surface area contributed by atoms with Crippen molar-refractivity contribution in [2.24, 2.45) is 0 Å². The van der Waals surface area contributed by atoms with Gasteiger partial charge in [0.05, 0.1) is 5.56 Å². The zero-order valence-corrected chi connectivity index (χ0v) is 11.9. The average molecular weight is 262 g/mol. The van der Waals surface area contributed by atoms with E-state index in [1.807, 2.05) is 0 Å². The molecule has 0 bridgehead atoms. The third kappa shape index (κ3) is 2.87. The number of nitrogens with one attached hydrogen (secondary N) is 2. The molecule has 5 nitrogen and oxygen atoms in total. The van der Waals surface area contributed by atoms with E-state index in [1.165, 1.54) is 6.42 Å². The zero-order chi connectivity index (χ0) is 13.9.